The molecule has 7 nitrogen and oxygen atoms in total. The first-order valence-electron chi connectivity index (χ1n) is 13.5. The van der Waals surface area contributed by atoms with E-state index in [-0.39, 0.29) is 47.5 Å². The van der Waals surface area contributed by atoms with Gasteiger partial charge in [-0.3, -0.25) is 0 Å². The third-order valence-corrected chi connectivity index (χ3v) is 8.52. The highest BCUT2D eigenvalue weighted by Gasteiger charge is 2.44. The molecule has 4 heterocycles. The molecule has 3 aromatic rings. The molecule has 198 valence electrons. The summed E-state index contributed by atoms with van der Waals surface area (Å²) < 4.78 is 41.2. The van der Waals surface area contributed by atoms with Crippen LogP contribution in [-0.4, -0.2) is 39.4 Å². The van der Waals surface area contributed by atoms with Gasteiger partial charge in [0, 0.05) is 29.8 Å². The maximum Gasteiger partial charge on any atom is 0.337 e. The Morgan fingerprint density at radius 1 is 1.05 bits per heavy atom. The van der Waals surface area contributed by atoms with Gasteiger partial charge in [-0.05, 0) is 81.0 Å². The van der Waals surface area contributed by atoms with Gasteiger partial charge in [0.1, 0.15) is 28.9 Å². The average molecular weight is 522 g/mol. The Hall–Kier alpha value is -3.33. The van der Waals surface area contributed by atoms with E-state index in [0.29, 0.717) is 17.2 Å². The lowest BCUT2D eigenvalue weighted by molar-refractivity contribution is 0.0145. The van der Waals surface area contributed by atoms with Gasteiger partial charge in [0.05, 0.1) is 23.8 Å². The maximum atomic E-state index is 14.6. The fourth-order valence-electron chi connectivity index (χ4n) is 6.36. The van der Waals surface area contributed by atoms with E-state index in [4.69, 9.17) is 9.26 Å². The molecule has 2 aromatic heterocycles. The lowest BCUT2D eigenvalue weighted by Crippen LogP contribution is -2.46. The summed E-state index contributed by atoms with van der Waals surface area (Å²) in [5, 5.41) is 13.5. The predicted octanol–water partition coefficient (Wildman–Crippen LogP) is 6.18. The van der Waals surface area contributed by atoms with Crippen LogP contribution in [0.5, 0.6) is 0 Å². The first kappa shape index (κ1) is 23.8. The third-order valence-electron chi connectivity index (χ3n) is 8.52. The van der Waals surface area contributed by atoms with Gasteiger partial charge in [-0.2, -0.15) is 0 Å². The topological polar surface area (TPSA) is 88.7 Å². The van der Waals surface area contributed by atoms with Crippen molar-refractivity contribution >= 4 is 11.8 Å². The SMILES string of the molecule is O=C(O)c1cnc(N2[C@@H]3CC[C@H]2C[C@H](OCc2c(-c4c(F)cccc4F)noc2C2CC2)C3)c(C2CC2)c1. The molecule has 0 radical (unpaired) electrons. The molecule has 2 bridgehead atoms. The number of hydrogen-bond acceptors (Lipinski definition) is 6. The number of aromatic carboxylic acids is 1. The highest BCUT2D eigenvalue weighted by atomic mass is 19.1. The Morgan fingerprint density at radius 3 is 2.37 bits per heavy atom. The van der Waals surface area contributed by atoms with Gasteiger partial charge >= 0.3 is 5.97 Å². The van der Waals surface area contributed by atoms with Gasteiger partial charge in [0.15, 0.2) is 0 Å². The first-order chi connectivity index (χ1) is 18.5. The van der Waals surface area contributed by atoms with Crippen molar-refractivity contribution in [2.45, 2.75) is 88.0 Å². The first-order valence-corrected chi connectivity index (χ1v) is 13.5. The second-order valence-electron chi connectivity index (χ2n) is 11.2. The number of pyridine rings is 1. The Morgan fingerprint density at radius 2 is 1.74 bits per heavy atom. The van der Waals surface area contributed by atoms with Crippen molar-refractivity contribution in [2.75, 3.05) is 4.90 Å². The number of anilines is 1. The Labute approximate surface area is 218 Å². The molecule has 7 rings (SSSR count). The van der Waals surface area contributed by atoms with Crippen molar-refractivity contribution in [3.05, 3.63) is 64.5 Å². The molecule has 0 unspecified atom stereocenters. The second kappa shape index (κ2) is 9.15. The molecular weight excluding hydrogens is 492 g/mol. The zero-order valence-electron chi connectivity index (χ0n) is 20.9. The van der Waals surface area contributed by atoms with Crippen LogP contribution in [0.15, 0.2) is 35.0 Å². The largest absolute Gasteiger partial charge is 0.478 e. The number of hydrogen-bond donors (Lipinski definition) is 1. The van der Waals surface area contributed by atoms with Crippen LogP contribution in [0, 0.1) is 11.6 Å². The summed E-state index contributed by atoms with van der Waals surface area (Å²) in [5.41, 5.74) is 1.97. The number of ether oxygens (including phenoxy) is 1. The van der Waals surface area contributed by atoms with Crippen LogP contribution in [0.1, 0.15) is 90.4 Å². The normalized spacial score (nSPS) is 24.7. The number of carbonyl (C=O) groups is 1. The maximum absolute atomic E-state index is 14.6. The molecule has 4 aliphatic rings. The summed E-state index contributed by atoms with van der Waals surface area (Å²) in [7, 11) is 0. The fraction of sp³-hybridized carbons (Fsp3) is 0.483. The van der Waals surface area contributed by atoms with Crippen molar-refractivity contribution in [3.63, 3.8) is 0 Å². The summed E-state index contributed by atoms with van der Waals surface area (Å²) in [5.74, 6) is -0.0619. The third kappa shape index (κ3) is 4.17. The number of rotatable bonds is 8. The quantitative estimate of drug-likeness (QED) is 0.378. The fourth-order valence-corrected chi connectivity index (χ4v) is 6.36. The van der Waals surface area contributed by atoms with Crippen LogP contribution in [0.4, 0.5) is 14.6 Å². The minimum atomic E-state index is -0.949. The lowest BCUT2D eigenvalue weighted by atomic mass is 9.97. The predicted molar refractivity (Wildman–Crippen MR) is 134 cm³/mol. The van der Waals surface area contributed by atoms with E-state index in [1.165, 1.54) is 24.4 Å². The van der Waals surface area contributed by atoms with Crippen molar-refractivity contribution < 1.29 is 27.9 Å². The van der Waals surface area contributed by atoms with Gasteiger partial charge in [-0.25, -0.2) is 18.6 Å². The number of carboxylic acids is 1. The zero-order valence-corrected chi connectivity index (χ0v) is 20.9. The molecule has 2 saturated carbocycles. The molecule has 1 aromatic carbocycles. The molecule has 2 saturated heterocycles. The molecule has 2 aliphatic heterocycles. The van der Waals surface area contributed by atoms with Crippen molar-refractivity contribution in [2.24, 2.45) is 0 Å². The van der Waals surface area contributed by atoms with Crippen molar-refractivity contribution in [1.29, 1.82) is 0 Å². The average Bonchev–Trinajstić information content (AvgIpc) is 3.83. The van der Waals surface area contributed by atoms with Crippen LogP contribution in [-0.2, 0) is 11.3 Å². The lowest BCUT2D eigenvalue weighted by Gasteiger charge is -2.40. The zero-order chi connectivity index (χ0) is 26.0. The van der Waals surface area contributed by atoms with Crippen molar-refractivity contribution in [1.82, 2.24) is 10.1 Å². The van der Waals surface area contributed by atoms with E-state index in [9.17, 15) is 18.7 Å². The monoisotopic (exact) mass is 521 g/mol. The number of aromatic nitrogens is 2. The number of halogens is 2. The van der Waals surface area contributed by atoms with Gasteiger partial charge < -0.3 is 19.3 Å². The van der Waals surface area contributed by atoms with E-state index in [1.807, 2.05) is 0 Å². The summed E-state index contributed by atoms with van der Waals surface area (Å²) >= 11 is 0. The standard InChI is InChI=1S/C29H29F2N3O4/c30-23-2-1-3-24(31)25(23)26-22(27(38-33-26)16-6-7-16)14-37-20-11-18-8-9-19(12-20)34(18)28-21(15-4-5-15)10-17(13-32-28)29(35)36/h1-3,10,13,15-16,18-20H,4-9,11-12,14H2,(H,35,36)/t18-,19+,20-. The van der Waals surface area contributed by atoms with E-state index >= 15 is 0 Å². The molecular formula is C29H29F2N3O4. The molecule has 1 N–H and O–H groups in total. The van der Waals surface area contributed by atoms with E-state index in [1.54, 1.807) is 6.07 Å². The van der Waals surface area contributed by atoms with Crippen LogP contribution in [0.3, 0.4) is 0 Å². The van der Waals surface area contributed by atoms with Crippen LogP contribution in [0.25, 0.3) is 11.3 Å². The molecule has 0 amide bonds. The number of piperidine rings is 1. The number of nitrogens with zero attached hydrogens (tertiary/aromatic N) is 3. The number of fused-ring (bicyclic) bond motifs is 2. The summed E-state index contributed by atoms with van der Waals surface area (Å²) in [4.78, 5) is 18.6. The molecule has 4 fully saturated rings. The van der Waals surface area contributed by atoms with Crippen molar-refractivity contribution in [3.8, 4) is 11.3 Å². The number of carboxylic acid groups (broad SMARTS) is 1. The molecule has 9 heteroatoms. The summed E-state index contributed by atoms with van der Waals surface area (Å²) in [6.45, 7) is 0.196. The van der Waals surface area contributed by atoms with Gasteiger partial charge in [0.2, 0.25) is 0 Å². The van der Waals surface area contributed by atoms with E-state index < -0.39 is 17.6 Å². The van der Waals surface area contributed by atoms with Gasteiger partial charge in [0.25, 0.3) is 0 Å². The van der Waals surface area contributed by atoms with Crippen LogP contribution < -0.4 is 4.90 Å². The molecule has 2 aliphatic carbocycles. The Balaban J connectivity index is 1.11. The Bertz CT molecular complexity index is 1370. The summed E-state index contributed by atoms with van der Waals surface area (Å²) in [6, 6.07) is 6.12. The van der Waals surface area contributed by atoms with Gasteiger partial charge in [-0.1, -0.05) is 11.2 Å². The van der Waals surface area contributed by atoms with E-state index in [2.05, 4.69) is 15.0 Å². The molecule has 38 heavy (non-hydrogen) atoms. The Kier molecular flexibility index (Phi) is 5.72. The minimum absolute atomic E-state index is 0.00770. The molecule has 0 spiro atoms. The number of benzene rings is 1. The minimum Gasteiger partial charge on any atom is -0.478 e. The smallest absolute Gasteiger partial charge is 0.337 e. The van der Waals surface area contributed by atoms with Crippen LogP contribution >= 0.6 is 0 Å². The second-order valence-corrected chi connectivity index (χ2v) is 11.2. The van der Waals surface area contributed by atoms with Crippen LogP contribution in [0.2, 0.25) is 0 Å². The highest BCUT2D eigenvalue weighted by molar-refractivity contribution is 5.88. The molecule has 3 atom stereocenters. The highest BCUT2D eigenvalue weighted by Crippen LogP contribution is 2.49. The van der Waals surface area contributed by atoms with E-state index in [0.717, 1.165) is 62.7 Å². The van der Waals surface area contributed by atoms with Gasteiger partial charge in [-0.15, -0.1) is 0 Å². The summed E-state index contributed by atoms with van der Waals surface area (Å²) in [6.07, 6.45) is 9.24.